The van der Waals surface area contributed by atoms with E-state index in [1.807, 2.05) is 6.92 Å². The third-order valence-corrected chi connectivity index (χ3v) is 4.19. The molecule has 18 heavy (non-hydrogen) atoms. The lowest BCUT2D eigenvalue weighted by atomic mass is 10.0. The molecule has 0 spiro atoms. The first-order chi connectivity index (χ1) is 8.70. The highest BCUT2D eigenvalue weighted by Crippen LogP contribution is 2.23. The molecular weight excluding hydrogens is 252 g/mol. The van der Waals surface area contributed by atoms with Crippen molar-refractivity contribution in [3.8, 4) is 0 Å². The van der Waals surface area contributed by atoms with Gasteiger partial charge in [0.25, 0.3) is 0 Å². The van der Waals surface area contributed by atoms with Crippen LogP contribution in [0.1, 0.15) is 17.4 Å². The number of ketones is 1. The lowest BCUT2D eigenvalue weighted by Crippen LogP contribution is -2.63. The van der Waals surface area contributed by atoms with Crippen LogP contribution in [0.5, 0.6) is 0 Å². The minimum Gasteiger partial charge on any atom is -0.299 e. The molecular formula is C12H17ClN4O. The van der Waals surface area contributed by atoms with Crippen LogP contribution < -0.4 is 0 Å². The number of nitrogens with zero attached hydrogens (tertiary/aromatic N) is 4. The van der Waals surface area contributed by atoms with E-state index in [9.17, 15) is 4.79 Å². The Morgan fingerprint density at radius 2 is 2.17 bits per heavy atom. The summed E-state index contributed by atoms with van der Waals surface area (Å²) >= 11 is 6.10. The number of aromatic nitrogens is 2. The summed E-state index contributed by atoms with van der Waals surface area (Å²) in [5.41, 5.74) is 0.568. The second kappa shape index (κ2) is 4.64. The molecule has 6 heteroatoms. The van der Waals surface area contributed by atoms with Crippen LogP contribution in [-0.2, 0) is 6.54 Å². The van der Waals surface area contributed by atoms with Gasteiger partial charge in [-0.3, -0.25) is 19.3 Å². The number of Topliss-reactive ketones (excluding diaryl/α,β-unsaturated/α-hetero) is 1. The molecule has 1 atom stereocenters. The van der Waals surface area contributed by atoms with E-state index in [-0.39, 0.29) is 11.8 Å². The number of fused-ring (bicyclic) bond motifs is 3. The largest absolute Gasteiger partial charge is 0.299 e. The van der Waals surface area contributed by atoms with E-state index < -0.39 is 0 Å². The van der Waals surface area contributed by atoms with E-state index in [1.165, 1.54) is 0 Å². The number of piperazine rings is 3. The van der Waals surface area contributed by atoms with Gasteiger partial charge in [-0.1, -0.05) is 11.6 Å². The summed E-state index contributed by atoms with van der Waals surface area (Å²) < 4.78 is 1.70. The summed E-state index contributed by atoms with van der Waals surface area (Å²) in [6.45, 7) is 7.57. The third kappa shape index (κ3) is 1.86. The monoisotopic (exact) mass is 268 g/mol. The molecule has 4 rings (SSSR count). The molecule has 5 nitrogen and oxygen atoms in total. The van der Waals surface area contributed by atoms with Gasteiger partial charge in [-0.25, -0.2) is 0 Å². The number of rotatable bonds is 3. The van der Waals surface area contributed by atoms with Crippen molar-refractivity contribution in [1.29, 1.82) is 0 Å². The van der Waals surface area contributed by atoms with Crippen LogP contribution in [0.3, 0.4) is 0 Å². The van der Waals surface area contributed by atoms with E-state index >= 15 is 0 Å². The van der Waals surface area contributed by atoms with Crippen molar-refractivity contribution in [2.45, 2.75) is 19.5 Å². The molecule has 0 radical (unpaired) electrons. The molecule has 0 aliphatic carbocycles. The first kappa shape index (κ1) is 12.1. The topological polar surface area (TPSA) is 41.4 Å². The van der Waals surface area contributed by atoms with Crippen LogP contribution in [0.25, 0.3) is 0 Å². The molecule has 2 bridgehead atoms. The smallest absolute Gasteiger partial charge is 0.200 e. The summed E-state index contributed by atoms with van der Waals surface area (Å²) in [6, 6.07) is -0.0491. The van der Waals surface area contributed by atoms with Gasteiger partial charge in [0.1, 0.15) is 5.69 Å². The van der Waals surface area contributed by atoms with E-state index in [2.05, 4.69) is 14.9 Å². The zero-order valence-corrected chi connectivity index (χ0v) is 11.2. The average Bonchev–Trinajstić information content (AvgIpc) is 2.80. The van der Waals surface area contributed by atoms with Crippen LogP contribution in [-0.4, -0.2) is 64.1 Å². The summed E-state index contributed by atoms with van der Waals surface area (Å²) in [5.74, 6) is 0.115. The van der Waals surface area contributed by atoms with E-state index in [1.54, 1.807) is 10.9 Å². The highest BCUT2D eigenvalue weighted by molar-refractivity contribution is 6.33. The molecule has 0 amide bonds. The number of aryl methyl sites for hydroxylation is 1. The van der Waals surface area contributed by atoms with Crippen molar-refractivity contribution >= 4 is 17.4 Å². The Morgan fingerprint density at radius 1 is 1.44 bits per heavy atom. The van der Waals surface area contributed by atoms with Gasteiger partial charge in [-0.15, -0.1) is 0 Å². The lowest BCUT2D eigenvalue weighted by Gasteiger charge is -2.46. The Hall–Kier alpha value is -0.910. The molecule has 3 saturated heterocycles. The molecule has 3 aliphatic heterocycles. The Labute approximate surface area is 111 Å². The van der Waals surface area contributed by atoms with Gasteiger partial charge in [0.2, 0.25) is 5.78 Å². The standard InChI is InChI=1S/C12H17ClN4O/c1-2-17-11(9(13)7-14-17)12(18)10-8-15-3-5-16(10)6-4-15/h7,10H,2-6,8H2,1H3. The minimum absolute atomic E-state index is 0.0491. The molecule has 1 aromatic heterocycles. The fraction of sp³-hybridized carbons (Fsp3) is 0.667. The van der Waals surface area contributed by atoms with Crippen LogP contribution in [0, 0.1) is 0 Å². The number of hydrogen-bond donors (Lipinski definition) is 0. The SMILES string of the molecule is CCn1ncc(Cl)c1C(=O)C1CN2CCN1CC2. The van der Waals surface area contributed by atoms with Crippen LogP contribution in [0.4, 0.5) is 0 Å². The van der Waals surface area contributed by atoms with Gasteiger partial charge in [0.15, 0.2) is 0 Å². The normalized spacial score (nSPS) is 30.7. The number of hydrogen-bond acceptors (Lipinski definition) is 4. The van der Waals surface area contributed by atoms with Crippen molar-refractivity contribution in [2.24, 2.45) is 0 Å². The first-order valence-corrected chi connectivity index (χ1v) is 6.80. The maximum Gasteiger partial charge on any atom is 0.200 e. The number of carbonyl (C=O) groups excluding carboxylic acids is 1. The maximum absolute atomic E-state index is 12.6. The van der Waals surface area contributed by atoms with Gasteiger partial charge in [0, 0.05) is 39.3 Å². The van der Waals surface area contributed by atoms with Gasteiger partial charge in [0.05, 0.1) is 17.3 Å². The Kier molecular flexibility index (Phi) is 3.13. The molecule has 4 heterocycles. The van der Waals surface area contributed by atoms with E-state index in [0.717, 1.165) is 32.7 Å². The Bertz CT molecular complexity index is 465. The predicted molar refractivity (Wildman–Crippen MR) is 69.0 cm³/mol. The first-order valence-electron chi connectivity index (χ1n) is 6.42. The van der Waals surface area contributed by atoms with Crippen LogP contribution in [0.2, 0.25) is 5.02 Å². The van der Waals surface area contributed by atoms with Crippen molar-refractivity contribution in [1.82, 2.24) is 19.6 Å². The van der Waals surface area contributed by atoms with Crippen LogP contribution >= 0.6 is 11.6 Å². The fourth-order valence-corrected chi connectivity index (χ4v) is 3.11. The van der Waals surface area contributed by atoms with Crippen molar-refractivity contribution in [3.63, 3.8) is 0 Å². The average molecular weight is 269 g/mol. The van der Waals surface area contributed by atoms with Gasteiger partial charge >= 0.3 is 0 Å². The fourth-order valence-electron chi connectivity index (χ4n) is 2.87. The quantitative estimate of drug-likeness (QED) is 0.759. The molecule has 1 unspecified atom stereocenters. The molecule has 3 aliphatic rings. The zero-order valence-electron chi connectivity index (χ0n) is 10.5. The molecule has 3 fully saturated rings. The number of halogens is 1. The summed E-state index contributed by atoms with van der Waals surface area (Å²) in [5, 5.41) is 4.62. The Morgan fingerprint density at radius 3 is 2.72 bits per heavy atom. The zero-order chi connectivity index (χ0) is 12.7. The molecule has 0 N–H and O–H groups in total. The van der Waals surface area contributed by atoms with Gasteiger partial charge in [-0.05, 0) is 6.92 Å². The molecule has 1 aromatic rings. The van der Waals surface area contributed by atoms with E-state index in [4.69, 9.17) is 11.6 Å². The number of carbonyl (C=O) groups is 1. The molecule has 0 aromatic carbocycles. The summed E-state index contributed by atoms with van der Waals surface area (Å²) in [4.78, 5) is 17.3. The molecule has 98 valence electrons. The molecule has 0 saturated carbocycles. The highest BCUT2D eigenvalue weighted by atomic mass is 35.5. The highest BCUT2D eigenvalue weighted by Gasteiger charge is 2.38. The summed E-state index contributed by atoms with van der Waals surface area (Å²) in [6.07, 6.45) is 1.56. The lowest BCUT2D eigenvalue weighted by molar-refractivity contribution is 0.0154. The van der Waals surface area contributed by atoms with Gasteiger partial charge in [-0.2, -0.15) is 5.10 Å². The predicted octanol–water partition coefficient (Wildman–Crippen LogP) is 0.739. The van der Waals surface area contributed by atoms with Crippen molar-refractivity contribution in [3.05, 3.63) is 16.9 Å². The van der Waals surface area contributed by atoms with Crippen LogP contribution in [0.15, 0.2) is 6.20 Å². The third-order valence-electron chi connectivity index (χ3n) is 3.91. The van der Waals surface area contributed by atoms with Crippen molar-refractivity contribution < 1.29 is 4.79 Å². The summed E-state index contributed by atoms with van der Waals surface area (Å²) in [7, 11) is 0. The minimum atomic E-state index is -0.0491. The second-order valence-electron chi connectivity index (χ2n) is 4.87. The Balaban J connectivity index is 1.88. The second-order valence-corrected chi connectivity index (χ2v) is 5.28. The van der Waals surface area contributed by atoms with Crippen molar-refractivity contribution in [2.75, 3.05) is 32.7 Å². The maximum atomic E-state index is 12.6. The van der Waals surface area contributed by atoms with E-state index in [0.29, 0.717) is 17.3 Å². The van der Waals surface area contributed by atoms with Gasteiger partial charge < -0.3 is 0 Å².